The maximum Gasteiger partial charge on any atom is 0.266 e. The van der Waals surface area contributed by atoms with Gasteiger partial charge >= 0.3 is 0 Å². The Hall–Kier alpha value is -2.37. The van der Waals surface area contributed by atoms with Crippen molar-refractivity contribution in [3.63, 3.8) is 0 Å². The number of aromatic nitrogens is 2. The Bertz CT molecular complexity index is 607. The molecule has 6 heteroatoms. The molecule has 2 rings (SSSR count). The summed E-state index contributed by atoms with van der Waals surface area (Å²) in [4.78, 5) is 10.5. The molecule has 6 nitrogen and oxygen atoms in total. The first-order valence-electron chi connectivity index (χ1n) is 6.44. The van der Waals surface area contributed by atoms with Crippen molar-refractivity contribution in [2.75, 3.05) is 25.0 Å². The molecular weight excluding hydrogens is 256 g/mol. The number of hydrogen-bond acceptors (Lipinski definition) is 6. The predicted molar refractivity (Wildman–Crippen MR) is 78.3 cm³/mol. The van der Waals surface area contributed by atoms with Crippen molar-refractivity contribution in [2.45, 2.75) is 13.8 Å². The smallest absolute Gasteiger partial charge is 0.266 e. The molecule has 1 heterocycles. The second kappa shape index (κ2) is 6.18. The number of benzene rings is 1. The molecule has 0 spiro atoms. The summed E-state index contributed by atoms with van der Waals surface area (Å²) in [6.07, 6.45) is 0. The van der Waals surface area contributed by atoms with Crippen LogP contribution in [0.4, 0.5) is 5.95 Å². The highest BCUT2D eigenvalue weighted by Gasteiger charge is 2.14. The molecule has 106 valence electrons. The van der Waals surface area contributed by atoms with Gasteiger partial charge in [0.05, 0.1) is 6.54 Å². The summed E-state index contributed by atoms with van der Waals surface area (Å²) >= 11 is 0. The van der Waals surface area contributed by atoms with Gasteiger partial charge in [0, 0.05) is 24.9 Å². The molecule has 1 aromatic carbocycles. The fourth-order valence-corrected chi connectivity index (χ4v) is 1.77. The van der Waals surface area contributed by atoms with Crippen LogP contribution in [-0.4, -0.2) is 41.1 Å². The normalized spacial score (nSPS) is 11.7. The Kier molecular flexibility index (Phi) is 4.34. The third-order valence-electron chi connectivity index (χ3n) is 2.97. The highest BCUT2D eigenvalue weighted by Crippen LogP contribution is 2.23. The van der Waals surface area contributed by atoms with Crippen molar-refractivity contribution in [3.8, 4) is 17.2 Å². The van der Waals surface area contributed by atoms with Gasteiger partial charge in [0.25, 0.3) is 11.8 Å². The van der Waals surface area contributed by atoms with Crippen LogP contribution in [0.5, 0.6) is 5.75 Å². The molecular formula is C14H18N4O2. The van der Waals surface area contributed by atoms with Gasteiger partial charge in [0.1, 0.15) is 5.75 Å². The third-order valence-corrected chi connectivity index (χ3v) is 2.97. The number of aliphatic imine (C=N–C) groups is 1. The zero-order valence-corrected chi connectivity index (χ0v) is 11.9. The van der Waals surface area contributed by atoms with Gasteiger partial charge in [-0.1, -0.05) is 6.07 Å². The molecule has 0 radical (unpaired) electrons. The van der Waals surface area contributed by atoms with Gasteiger partial charge in [0.15, 0.2) is 0 Å². The van der Waals surface area contributed by atoms with E-state index in [0.717, 1.165) is 12.3 Å². The Labute approximate surface area is 117 Å². The van der Waals surface area contributed by atoms with E-state index >= 15 is 0 Å². The van der Waals surface area contributed by atoms with Crippen LogP contribution in [0.3, 0.4) is 0 Å². The lowest BCUT2D eigenvalue weighted by Crippen LogP contribution is -2.29. The molecule has 0 aliphatic rings. The number of rotatable bonds is 5. The Morgan fingerprint density at radius 1 is 1.45 bits per heavy atom. The molecule has 0 amide bonds. The van der Waals surface area contributed by atoms with E-state index in [0.29, 0.717) is 23.9 Å². The quantitative estimate of drug-likeness (QED) is 0.847. The Morgan fingerprint density at radius 3 is 2.90 bits per heavy atom. The third kappa shape index (κ3) is 3.14. The van der Waals surface area contributed by atoms with Crippen molar-refractivity contribution in [3.05, 3.63) is 24.3 Å². The molecule has 0 fully saturated rings. The molecule has 0 aliphatic heterocycles. The number of nitrogens with zero attached hydrogens (tertiary/aromatic N) is 4. The van der Waals surface area contributed by atoms with Crippen molar-refractivity contribution in [1.82, 2.24) is 10.1 Å². The van der Waals surface area contributed by atoms with Gasteiger partial charge in [-0.15, -0.1) is 0 Å². The molecule has 1 aromatic heterocycles. The van der Waals surface area contributed by atoms with E-state index in [1.807, 2.05) is 24.8 Å². The van der Waals surface area contributed by atoms with Gasteiger partial charge in [-0.3, -0.25) is 4.99 Å². The van der Waals surface area contributed by atoms with E-state index in [9.17, 15) is 5.11 Å². The van der Waals surface area contributed by atoms with Crippen LogP contribution in [0.25, 0.3) is 11.5 Å². The first kappa shape index (κ1) is 14.0. The molecule has 0 atom stereocenters. The molecule has 2 aromatic rings. The van der Waals surface area contributed by atoms with Gasteiger partial charge < -0.3 is 14.5 Å². The SMILES string of the molecule is CCN(CC(C)=NC)c1noc(-c2cccc(O)c2)n1. The van der Waals surface area contributed by atoms with Crippen LogP contribution in [0.1, 0.15) is 13.8 Å². The second-order valence-corrected chi connectivity index (χ2v) is 4.42. The summed E-state index contributed by atoms with van der Waals surface area (Å²) in [5.74, 6) is 1.08. The van der Waals surface area contributed by atoms with E-state index in [4.69, 9.17) is 4.52 Å². The van der Waals surface area contributed by atoms with Gasteiger partial charge in [-0.25, -0.2) is 0 Å². The summed E-state index contributed by atoms with van der Waals surface area (Å²) < 4.78 is 5.25. The number of phenolic OH excluding ortho intramolecular Hbond substituents is 1. The minimum atomic E-state index is 0.170. The fourth-order valence-electron chi connectivity index (χ4n) is 1.77. The maximum absolute atomic E-state index is 9.47. The molecule has 0 unspecified atom stereocenters. The van der Waals surface area contributed by atoms with E-state index in [2.05, 4.69) is 15.1 Å². The van der Waals surface area contributed by atoms with Crippen molar-refractivity contribution in [1.29, 1.82) is 0 Å². The lowest BCUT2D eigenvalue weighted by Gasteiger charge is -2.17. The summed E-state index contributed by atoms with van der Waals surface area (Å²) in [7, 11) is 1.76. The van der Waals surface area contributed by atoms with Crippen LogP contribution in [-0.2, 0) is 0 Å². The Balaban J connectivity index is 2.23. The van der Waals surface area contributed by atoms with Gasteiger partial charge in [-0.2, -0.15) is 4.98 Å². The highest BCUT2D eigenvalue weighted by molar-refractivity contribution is 5.86. The Morgan fingerprint density at radius 2 is 2.25 bits per heavy atom. The number of anilines is 1. The lowest BCUT2D eigenvalue weighted by molar-refractivity contribution is 0.429. The van der Waals surface area contributed by atoms with Crippen LogP contribution < -0.4 is 4.90 Å². The van der Waals surface area contributed by atoms with Crippen LogP contribution in [0.2, 0.25) is 0 Å². The van der Waals surface area contributed by atoms with Crippen LogP contribution >= 0.6 is 0 Å². The summed E-state index contributed by atoms with van der Waals surface area (Å²) in [6, 6.07) is 6.73. The number of phenols is 1. The molecule has 1 N–H and O–H groups in total. The number of aromatic hydroxyl groups is 1. The minimum absolute atomic E-state index is 0.170. The number of hydrogen-bond donors (Lipinski definition) is 1. The minimum Gasteiger partial charge on any atom is -0.508 e. The summed E-state index contributed by atoms with van der Waals surface area (Å²) in [5, 5.41) is 13.5. The fraction of sp³-hybridized carbons (Fsp3) is 0.357. The van der Waals surface area contributed by atoms with Crippen LogP contribution in [0, 0.1) is 0 Å². The van der Waals surface area contributed by atoms with E-state index in [1.165, 1.54) is 0 Å². The van der Waals surface area contributed by atoms with Crippen molar-refractivity contribution >= 4 is 11.7 Å². The van der Waals surface area contributed by atoms with Gasteiger partial charge in [0.2, 0.25) is 0 Å². The summed E-state index contributed by atoms with van der Waals surface area (Å²) in [6.45, 7) is 5.39. The second-order valence-electron chi connectivity index (χ2n) is 4.42. The first-order valence-corrected chi connectivity index (χ1v) is 6.44. The predicted octanol–water partition coefficient (Wildman–Crippen LogP) is 2.36. The standard InChI is InChI=1S/C14H18N4O2/c1-4-18(9-10(2)15-3)14-16-13(20-17-14)11-6-5-7-12(19)8-11/h5-8,19H,4,9H2,1-3H3. The average Bonchev–Trinajstić information content (AvgIpc) is 2.94. The van der Waals surface area contributed by atoms with Crippen LogP contribution in [0.15, 0.2) is 33.8 Å². The largest absolute Gasteiger partial charge is 0.508 e. The monoisotopic (exact) mass is 274 g/mol. The molecule has 0 saturated heterocycles. The maximum atomic E-state index is 9.47. The lowest BCUT2D eigenvalue weighted by atomic mass is 10.2. The topological polar surface area (TPSA) is 74.8 Å². The zero-order chi connectivity index (χ0) is 14.5. The van der Waals surface area contributed by atoms with Crippen molar-refractivity contribution in [2.24, 2.45) is 4.99 Å². The summed E-state index contributed by atoms with van der Waals surface area (Å²) in [5.41, 5.74) is 1.69. The van der Waals surface area contributed by atoms with E-state index < -0.39 is 0 Å². The highest BCUT2D eigenvalue weighted by atomic mass is 16.5. The van der Waals surface area contributed by atoms with E-state index in [-0.39, 0.29) is 5.75 Å². The first-order chi connectivity index (χ1) is 9.63. The molecule has 0 bridgehead atoms. The molecule has 0 aliphatic carbocycles. The van der Waals surface area contributed by atoms with Gasteiger partial charge in [-0.05, 0) is 37.2 Å². The van der Waals surface area contributed by atoms with E-state index in [1.54, 1.807) is 25.2 Å². The van der Waals surface area contributed by atoms with Crippen molar-refractivity contribution < 1.29 is 9.63 Å². The molecule has 0 saturated carbocycles. The average molecular weight is 274 g/mol. The zero-order valence-electron chi connectivity index (χ0n) is 11.9. The molecule has 20 heavy (non-hydrogen) atoms.